The summed E-state index contributed by atoms with van der Waals surface area (Å²) in [4.78, 5) is 13.2. The first-order valence-corrected chi connectivity index (χ1v) is 6.15. The molecule has 1 amide bonds. The molecule has 0 radical (unpaired) electrons. The van der Waals surface area contributed by atoms with Gasteiger partial charge in [-0.3, -0.25) is 0 Å². The number of ether oxygens (including phenoxy) is 2. The van der Waals surface area contributed by atoms with Crippen LogP contribution in [-0.2, 0) is 16.1 Å². The highest BCUT2D eigenvalue weighted by Gasteiger charge is 2.09. The summed E-state index contributed by atoms with van der Waals surface area (Å²) >= 11 is 0. The largest absolute Gasteiger partial charge is 0.445 e. The van der Waals surface area contributed by atoms with Gasteiger partial charge in [-0.15, -0.1) is 0 Å². The van der Waals surface area contributed by atoms with Gasteiger partial charge in [0.15, 0.2) is 0 Å². The molecular weight excluding hydrogens is 230 g/mol. The fraction of sp³-hybridized carbons (Fsp3) is 0.500. The average Bonchev–Trinajstić information content (AvgIpc) is 2.42. The highest BCUT2D eigenvalue weighted by molar-refractivity contribution is 5.67. The molecule has 0 heterocycles. The van der Waals surface area contributed by atoms with Crippen LogP contribution >= 0.6 is 0 Å². The van der Waals surface area contributed by atoms with Crippen LogP contribution in [0, 0.1) is 0 Å². The maximum Gasteiger partial charge on any atom is 0.409 e. The third kappa shape index (κ3) is 5.68. The molecule has 0 bridgehead atoms. The van der Waals surface area contributed by atoms with E-state index in [0.29, 0.717) is 13.2 Å². The van der Waals surface area contributed by atoms with E-state index in [1.165, 1.54) is 0 Å². The van der Waals surface area contributed by atoms with Crippen molar-refractivity contribution in [3.8, 4) is 0 Å². The number of carbonyl (C=O) groups excluding carboxylic acids is 1. The van der Waals surface area contributed by atoms with Crippen LogP contribution in [0.25, 0.3) is 0 Å². The Balaban J connectivity index is 2.19. The van der Waals surface area contributed by atoms with Crippen molar-refractivity contribution in [2.24, 2.45) is 0 Å². The highest BCUT2D eigenvalue weighted by atomic mass is 16.6. The van der Waals surface area contributed by atoms with E-state index in [1.54, 1.807) is 19.1 Å². The first-order chi connectivity index (χ1) is 8.74. The monoisotopic (exact) mass is 251 g/mol. The third-order valence-corrected chi connectivity index (χ3v) is 2.61. The summed E-state index contributed by atoms with van der Waals surface area (Å²) in [6.07, 6.45) is 1.59. The minimum Gasteiger partial charge on any atom is -0.445 e. The van der Waals surface area contributed by atoms with Crippen molar-refractivity contribution >= 4 is 6.09 Å². The smallest absolute Gasteiger partial charge is 0.409 e. The van der Waals surface area contributed by atoms with Gasteiger partial charge in [-0.05, 0) is 18.4 Å². The molecule has 4 heteroatoms. The number of carbonyl (C=O) groups is 1. The number of nitrogens with zero attached hydrogens (tertiary/aromatic N) is 1. The topological polar surface area (TPSA) is 38.8 Å². The van der Waals surface area contributed by atoms with Crippen LogP contribution in [-0.4, -0.2) is 38.3 Å². The minimum absolute atomic E-state index is 0.281. The Bertz CT molecular complexity index is 340. The molecule has 0 N–H and O–H groups in total. The molecule has 0 atom stereocenters. The molecular formula is C14H21NO3. The fourth-order valence-electron chi connectivity index (χ4n) is 1.52. The summed E-state index contributed by atoms with van der Waals surface area (Å²) in [6, 6.07) is 9.67. The van der Waals surface area contributed by atoms with Gasteiger partial charge in [-0.1, -0.05) is 30.3 Å². The predicted molar refractivity (Wildman–Crippen MR) is 70.4 cm³/mol. The lowest BCUT2D eigenvalue weighted by atomic mass is 10.2. The van der Waals surface area contributed by atoms with Gasteiger partial charge in [0.05, 0.1) is 0 Å². The van der Waals surface area contributed by atoms with Crippen molar-refractivity contribution in [3.63, 3.8) is 0 Å². The normalized spacial score (nSPS) is 10.1. The van der Waals surface area contributed by atoms with Gasteiger partial charge >= 0.3 is 6.09 Å². The second kappa shape index (κ2) is 8.53. The number of unbranched alkanes of at least 4 members (excludes halogenated alkanes) is 1. The Morgan fingerprint density at radius 3 is 2.61 bits per heavy atom. The van der Waals surface area contributed by atoms with Gasteiger partial charge in [-0.2, -0.15) is 0 Å². The summed E-state index contributed by atoms with van der Waals surface area (Å²) in [7, 11) is 3.43. The summed E-state index contributed by atoms with van der Waals surface area (Å²) in [5, 5.41) is 0. The predicted octanol–water partition coefficient (Wildman–Crippen LogP) is 2.68. The molecule has 1 aromatic rings. The Labute approximate surface area is 108 Å². The van der Waals surface area contributed by atoms with Crippen LogP contribution in [0.3, 0.4) is 0 Å². The van der Waals surface area contributed by atoms with E-state index >= 15 is 0 Å². The van der Waals surface area contributed by atoms with Crippen molar-refractivity contribution in [1.29, 1.82) is 0 Å². The number of amides is 1. The Hall–Kier alpha value is -1.55. The van der Waals surface area contributed by atoms with Crippen molar-refractivity contribution in [2.45, 2.75) is 19.4 Å². The summed E-state index contributed by atoms with van der Waals surface area (Å²) in [6.45, 7) is 1.74. The molecule has 1 aromatic carbocycles. The van der Waals surface area contributed by atoms with Crippen molar-refractivity contribution in [1.82, 2.24) is 4.90 Å². The first kappa shape index (κ1) is 14.5. The first-order valence-electron chi connectivity index (χ1n) is 6.15. The fourth-order valence-corrected chi connectivity index (χ4v) is 1.52. The van der Waals surface area contributed by atoms with E-state index in [-0.39, 0.29) is 6.09 Å². The molecule has 0 spiro atoms. The molecule has 0 saturated heterocycles. The molecule has 0 aromatic heterocycles. The van der Waals surface area contributed by atoms with Gasteiger partial charge in [0.2, 0.25) is 0 Å². The lowest BCUT2D eigenvalue weighted by Gasteiger charge is -2.16. The number of hydrogen-bond acceptors (Lipinski definition) is 3. The zero-order valence-electron chi connectivity index (χ0n) is 11.1. The van der Waals surface area contributed by atoms with Crippen LogP contribution in [0.4, 0.5) is 4.79 Å². The number of methoxy groups -OCH3 is 1. The molecule has 0 unspecified atom stereocenters. The molecule has 100 valence electrons. The molecule has 0 aliphatic carbocycles. The van der Waals surface area contributed by atoms with Gasteiger partial charge in [0.1, 0.15) is 6.61 Å². The number of rotatable bonds is 7. The van der Waals surface area contributed by atoms with E-state index in [1.807, 2.05) is 30.3 Å². The standard InChI is InChI=1S/C14H21NO3/c1-15(10-6-7-11-17-2)14(16)18-12-13-8-4-3-5-9-13/h3-5,8-9H,6-7,10-12H2,1-2H3. The van der Waals surface area contributed by atoms with Gasteiger partial charge in [-0.25, -0.2) is 4.79 Å². The maximum atomic E-state index is 11.7. The van der Waals surface area contributed by atoms with Crippen LogP contribution in [0.15, 0.2) is 30.3 Å². The second-order valence-corrected chi connectivity index (χ2v) is 4.16. The maximum absolute atomic E-state index is 11.7. The molecule has 0 aliphatic heterocycles. The van der Waals surface area contributed by atoms with E-state index in [4.69, 9.17) is 9.47 Å². The molecule has 0 aliphatic rings. The molecule has 18 heavy (non-hydrogen) atoms. The van der Waals surface area contributed by atoms with Gasteiger partial charge in [0, 0.05) is 27.3 Å². The van der Waals surface area contributed by atoms with Crippen LogP contribution in [0.5, 0.6) is 0 Å². The Morgan fingerprint density at radius 1 is 1.22 bits per heavy atom. The summed E-state index contributed by atoms with van der Waals surface area (Å²) < 4.78 is 10.2. The summed E-state index contributed by atoms with van der Waals surface area (Å²) in [5.41, 5.74) is 0.999. The zero-order chi connectivity index (χ0) is 13.2. The third-order valence-electron chi connectivity index (χ3n) is 2.61. The van der Waals surface area contributed by atoms with Gasteiger partial charge in [0.25, 0.3) is 0 Å². The molecule has 0 saturated carbocycles. The lowest BCUT2D eigenvalue weighted by Crippen LogP contribution is -2.28. The van der Waals surface area contributed by atoms with E-state index < -0.39 is 0 Å². The lowest BCUT2D eigenvalue weighted by molar-refractivity contribution is 0.103. The molecule has 0 fully saturated rings. The minimum atomic E-state index is -0.281. The van der Waals surface area contributed by atoms with Crippen molar-refractivity contribution < 1.29 is 14.3 Å². The Kier molecular flexibility index (Phi) is 6.87. The van der Waals surface area contributed by atoms with Crippen molar-refractivity contribution in [3.05, 3.63) is 35.9 Å². The van der Waals surface area contributed by atoms with Crippen LogP contribution < -0.4 is 0 Å². The average molecular weight is 251 g/mol. The number of benzene rings is 1. The van der Waals surface area contributed by atoms with E-state index in [0.717, 1.165) is 25.0 Å². The van der Waals surface area contributed by atoms with E-state index in [2.05, 4.69) is 0 Å². The molecule has 1 rings (SSSR count). The second-order valence-electron chi connectivity index (χ2n) is 4.16. The SMILES string of the molecule is COCCCCN(C)C(=O)OCc1ccccc1. The van der Waals surface area contributed by atoms with Crippen LogP contribution in [0.1, 0.15) is 18.4 Å². The number of hydrogen-bond donors (Lipinski definition) is 0. The zero-order valence-corrected chi connectivity index (χ0v) is 11.1. The molecule has 4 nitrogen and oxygen atoms in total. The summed E-state index contributed by atoms with van der Waals surface area (Å²) in [5.74, 6) is 0. The van der Waals surface area contributed by atoms with Crippen molar-refractivity contribution in [2.75, 3.05) is 27.3 Å². The van der Waals surface area contributed by atoms with Gasteiger partial charge < -0.3 is 14.4 Å². The Morgan fingerprint density at radius 2 is 1.94 bits per heavy atom. The van der Waals surface area contributed by atoms with Crippen LogP contribution in [0.2, 0.25) is 0 Å². The quantitative estimate of drug-likeness (QED) is 0.699. The van der Waals surface area contributed by atoms with E-state index in [9.17, 15) is 4.79 Å². The highest BCUT2D eigenvalue weighted by Crippen LogP contribution is 2.03.